The van der Waals surface area contributed by atoms with Crippen LogP contribution in [0.15, 0.2) is 0 Å². The number of anilines is 1. The Morgan fingerprint density at radius 3 is 2.79 bits per heavy atom. The minimum absolute atomic E-state index is 0.0224. The first-order valence-corrected chi connectivity index (χ1v) is 6.43. The predicted octanol–water partition coefficient (Wildman–Crippen LogP) is 0.435. The predicted molar refractivity (Wildman–Crippen MR) is 69.7 cm³/mol. The Hall–Kier alpha value is -1.44. The van der Waals surface area contributed by atoms with E-state index in [1.54, 1.807) is 0 Å². The molecule has 102 valence electrons. The Bertz CT molecular complexity index is 616. The summed E-state index contributed by atoms with van der Waals surface area (Å²) in [5.74, 6) is 0.727. The lowest BCUT2D eigenvalue weighted by atomic mass is 10.1. The quantitative estimate of drug-likeness (QED) is 0.593. The topological polar surface area (TPSA) is 121 Å². The van der Waals surface area contributed by atoms with E-state index in [1.807, 2.05) is 0 Å². The Labute approximate surface area is 113 Å². The summed E-state index contributed by atoms with van der Waals surface area (Å²) in [6, 6.07) is 0. The van der Waals surface area contributed by atoms with E-state index in [-0.39, 0.29) is 29.5 Å². The number of hydrogen-bond acceptors (Lipinski definition) is 6. The summed E-state index contributed by atoms with van der Waals surface area (Å²) >= 11 is 5.98. The van der Waals surface area contributed by atoms with Crippen molar-refractivity contribution in [3.63, 3.8) is 0 Å². The van der Waals surface area contributed by atoms with E-state index in [0.717, 1.165) is 0 Å². The minimum atomic E-state index is -0.505. The number of aromatic nitrogens is 4. The van der Waals surface area contributed by atoms with Crippen LogP contribution in [0.3, 0.4) is 0 Å². The number of nitrogens with one attached hydrogen (secondary N) is 1. The number of imidazole rings is 1. The van der Waals surface area contributed by atoms with E-state index in [4.69, 9.17) is 17.3 Å². The third-order valence-electron chi connectivity index (χ3n) is 3.62. The fraction of sp³-hybridized carbons (Fsp3) is 0.545. The van der Waals surface area contributed by atoms with E-state index < -0.39 is 6.10 Å². The van der Waals surface area contributed by atoms with Gasteiger partial charge in [0.1, 0.15) is 11.3 Å². The van der Waals surface area contributed by atoms with Crippen LogP contribution < -0.4 is 5.73 Å². The zero-order valence-electron chi connectivity index (χ0n) is 10.0. The number of rotatable bonds is 2. The summed E-state index contributed by atoms with van der Waals surface area (Å²) in [6.07, 6.45) is 0.735. The largest absolute Gasteiger partial charge is 0.396 e. The number of hydrogen-bond donors (Lipinski definition) is 4. The second-order valence-electron chi connectivity index (χ2n) is 4.87. The van der Waals surface area contributed by atoms with Gasteiger partial charge in [-0.1, -0.05) is 11.6 Å². The van der Waals surface area contributed by atoms with Crippen molar-refractivity contribution < 1.29 is 10.2 Å². The standard InChI is InChI=1S/C11H14ClN5O2/c12-8-7-10(17-11(13)15-8)16-9(14-7)4-1-5(3-18)6(19)2-4/h4-6,18-19H,1-3H2,(H3,13,14,15,16,17)/t4-,5-,6+/m1/s1. The molecule has 0 saturated heterocycles. The number of aliphatic hydroxyl groups is 2. The maximum Gasteiger partial charge on any atom is 0.223 e. The highest BCUT2D eigenvalue weighted by molar-refractivity contribution is 6.33. The first-order chi connectivity index (χ1) is 9.08. The molecule has 0 radical (unpaired) electrons. The molecule has 2 aromatic heterocycles. The van der Waals surface area contributed by atoms with Crippen molar-refractivity contribution in [3.05, 3.63) is 11.0 Å². The van der Waals surface area contributed by atoms with Crippen molar-refractivity contribution in [1.29, 1.82) is 0 Å². The molecule has 1 aliphatic rings. The van der Waals surface area contributed by atoms with Gasteiger partial charge in [0.05, 0.1) is 6.10 Å². The fourth-order valence-corrected chi connectivity index (χ4v) is 2.83. The average Bonchev–Trinajstić information content (AvgIpc) is 2.92. The molecule has 1 fully saturated rings. The van der Waals surface area contributed by atoms with Gasteiger partial charge in [-0.3, -0.25) is 0 Å². The smallest absolute Gasteiger partial charge is 0.223 e. The van der Waals surface area contributed by atoms with Gasteiger partial charge in [0.2, 0.25) is 5.95 Å². The van der Waals surface area contributed by atoms with Crippen LogP contribution in [0.5, 0.6) is 0 Å². The maximum absolute atomic E-state index is 9.82. The van der Waals surface area contributed by atoms with Gasteiger partial charge >= 0.3 is 0 Å². The highest BCUT2D eigenvalue weighted by Gasteiger charge is 2.35. The summed E-state index contributed by atoms with van der Waals surface area (Å²) < 4.78 is 0. The molecule has 0 aromatic carbocycles. The number of aliphatic hydroxyl groups excluding tert-OH is 2. The Balaban J connectivity index is 1.96. The number of halogens is 1. The highest BCUT2D eigenvalue weighted by atomic mass is 35.5. The molecule has 5 N–H and O–H groups in total. The van der Waals surface area contributed by atoms with Gasteiger partial charge in [0, 0.05) is 18.4 Å². The first-order valence-electron chi connectivity index (χ1n) is 6.06. The summed E-state index contributed by atoms with van der Waals surface area (Å²) in [6.45, 7) is -0.0224. The van der Waals surface area contributed by atoms with Crippen LogP contribution in [-0.4, -0.2) is 42.9 Å². The number of aromatic amines is 1. The molecule has 3 rings (SSSR count). The second-order valence-corrected chi connectivity index (χ2v) is 5.23. The molecule has 0 bridgehead atoms. The van der Waals surface area contributed by atoms with E-state index in [1.165, 1.54) is 0 Å². The molecule has 0 amide bonds. The van der Waals surface area contributed by atoms with Crippen molar-refractivity contribution in [2.24, 2.45) is 5.92 Å². The monoisotopic (exact) mass is 283 g/mol. The van der Waals surface area contributed by atoms with Gasteiger partial charge in [0.25, 0.3) is 0 Å². The lowest BCUT2D eigenvalue weighted by Gasteiger charge is -2.08. The van der Waals surface area contributed by atoms with Gasteiger partial charge in [0.15, 0.2) is 10.8 Å². The molecule has 8 heteroatoms. The maximum atomic E-state index is 9.82. The highest BCUT2D eigenvalue weighted by Crippen LogP contribution is 2.37. The summed E-state index contributed by atoms with van der Waals surface area (Å²) in [5.41, 5.74) is 6.49. The number of nitrogens with two attached hydrogens (primary N) is 1. The average molecular weight is 284 g/mol. The van der Waals surface area contributed by atoms with Crippen molar-refractivity contribution in [2.45, 2.75) is 24.9 Å². The van der Waals surface area contributed by atoms with Crippen molar-refractivity contribution in [2.75, 3.05) is 12.3 Å². The Morgan fingerprint density at radius 1 is 1.32 bits per heavy atom. The van der Waals surface area contributed by atoms with Gasteiger partial charge < -0.3 is 20.9 Å². The Kier molecular flexibility index (Phi) is 3.04. The zero-order chi connectivity index (χ0) is 13.6. The molecule has 19 heavy (non-hydrogen) atoms. The lowest BCUT2D eigenvalue weighted by Crippen LogP contribution is -2.16. The van der Waals surface area contributed by atoms with Gasteiger partial charge in [-0.25, -0.2) is 4.98 Å². The summed E-state index contributed by atoms with van der Waals surface area (Å²) in [7, 11) is 0. The normalized spacial score (nSPS) is 27.2. The summed E-state index contributed by atoms with van der Waals surface area (Å²) in [4.78, 5) is 15.3. The van der Waals surface area contributed by atoms with Crippen LogP contribution in [0.2, 0.25) is 5.15 Å². The third kappa shape index (κ3) is 2.13. The molecule has 0 spiro atoms. The molecule has 2 aromatic rings. The van der Waals surface area contributed by atoms with Crippen LogP contribution in [0.25, 0.3) is 11.2 Å². The Morgan fingerprint density at radius 2 is 2.11 bits per heavy atom. The van der Waals surface area contributed by atoms with Crippen LogP contribution in [-0.2, 0) is 0 Å². The number of nitrogen functional groups attached to an aromatic ring is 1. The SMILES string of the molecule is Nc1nc(Cl)c2[nH]c([C@@H]3C[C@H](CO)[C@@H](O)C3)nc2n1. The summed E-state index contributed by atoms with van der Waals surface area (Å²) in [5, 5.41) is 19.2. The molecule has 1 aliphatic carbocycles. The fourth-order valence-electron chi connectivity index (χ4n) is 2.61. The zero-order valence-corrected chi connectivity index (χ0v) is 10.8. The van der Waals surface area contributed by atoms with E-state index in [2.05, 4.69) is 19.9 Å². The molecule has 7 nitrogen and oxygen atoms in total. The van der Waals surface area contributed by atoms with Crippen LogP contribution in [0, 0.1) is 5.92 Å². The molecular weight excluding hydrogens is 270 g/mol. The van der Waals surface area contributed by atoms with Gasteiger partial charge in [-0.15, -0.1) is 0 Å². The van der Waals surface area contributed by atoms with Crippen LogP contribution in [0.1, 0.15) is 24.6 Å². The number of H-pyrrole nitrogens is 1. The van der Waals surface area contributed by atoms with Crippen LogP contribution >= 0.6 is 11.6 Å². The van der Waals surface area contributed by atoms with Gasteiger partial charge in [-0.2, -0.15) is 9.97 Å². The minimum Gasteiger partial charge on any atom is -0.396 e. The van der Waals surface area contributed by atoms with E-state index in [0.29, 0.717) is 29.8 Å². The van der Waals surface area contributed by atoms with E-state index >= 15 is 0 Å². The molecule has 3 atom stereocenters. The van der Waals surface area contributed by atoms with Crippen LogP contribution in [0.4, 0.5) is 5.95 Å². The molecule has 1 saturated carbocycles. The second kappa shape index (κ2) is 4.59. The molecule has 2 heterocycles. The molecule has 0 unspecified atom stereocenters. The van der Waals surface area contributed by atoms with Crippen molar-refractivity contribution in [1.82, 2.24) is 19.9 Å². The van der Waals surface area contributed by atoms with Crippen molar-refractivity contribution in [3.8, 4) is 0 Å². The number of fused-ring (bicyclic) bond motifs is 1. The molecule has 0 aliphatic heterocycles. The first kappa shape index (κ1) is 12.6. The van der Waals surface area contributed by atoms with Gasteiger partial charge in [-0.05, 0) is 12.8 Å². The van der Waals surface area contributed by atoms with Crippen molar-refractivity contribution >= 4 is 28.7 Å². The lowest BCUT2D eigenvalue weighted by molar-refractivity contribution is 0.0908. The van der Waals surface area contributed by atoms with E-state index in [9.17, 15) is 10.2 Å². The molecular formula is C11H14ClN5O2. The third-order valence-corrected chi connectivity index (χ3v) is 3.89. The number of nitrogens with zero attached hydrogens (tertiary/aromatic N) is 3.